The van der Waals surface area contributed by atoms with Gasteiger partial charge in [0.25, 0.3) is 7.82 Å². The summed E-state index contributed by atoms with van der Waals surface area (Å²) in [7, 11) is 1.20. The quantitative estimate of drug-likeness (QED) is 0.0195. The Hall–Kier alpha value is -1.25. The van der Waals surface area contributed by atoms with E-state index in [1.807, 2.05) is 21.1 Å². The molecule has 0 saturated carbocycles. The number of unbranched alkanes of at least 4 members (excludes halogenated alkanes) is 62. The summed E-state index contributed by atoms with van der Waals surface area (Å²) < 4.78 is 34.4. The zero-order valence-corrected chi connectivity index (χ0v) is 63.0. The molecule has 542 valence electrons. The van der Waals surface area contributed by atoms with E-state index in [1.54, 1.807) is 0 Å². The molecule has 0 amide bonds. The van der Waals surface area contributed by atoms with Crippen LogP contribution in [0.5, 0.6) is 0 Å². The molecule has 0 aromatic carbocycles. The number of esters is 2. The van der Waals surface area contributed by atoms with Crippen molar-refractivity contribution >= 4 is 19.8 Å². The molecule has 0 bridgehead atoms. The Kier molecular flexibility index (Phi) is 72.0. The first kappa shape index (κ1) is 89.8. The van der Waals surface area contributed by atoms with Gasteiger partial charge in [-0.15, -0.1) is 0 Å². The molecule has 91 heavy (non-hydrogen) atoms. The summed E-state index contributed by atoms with van der Waals surface area (Å²) in [5.41, 5.74) is 0. The number of quaternary nitrogens is 1. The van der Waals surface area contributed by atoms with E-state index in [1.165, 1.54) is 379 Å². The molecule has 0 aromatic rings. The highest BCUT2D eigenvalue weighted by atomic mass is 31.2. The number of rotatable bonds is 78. The van der Waals surface area contributed by atoms with E-state index in [4.69, 9.17) is 18.5 Å². The first-order chi connectivity index (χ1) is 44.5. The number of carbonyl (C=O) groups is 2. The molecule has 0 rings (SSSR count). The van der Waals surface area contributed by atoms with Gasteiger partial charge in [-0.05, 0) is 38.5 Å². The van der Waals surface area contributed by atoms with Crippen LogP contribution in [0.1, 0.15) is 444 Å². The van der Waals surface area contributed by atoms with Gasteiger partial charge in [0, 0.05) is 12.8 Å². The lowest BCUT2D eigenvalue weighted by molar-refractivity contribution is -0.870. The normalized spacial score (nSPS) is 13.0. The Labute approximate surface area is 568 Å². The van der Waals surface area contributed by atoms with Gasteiger partial charge in [-0.25, -0.2) is 0 Å². The monoisotopic (exact) mass is 1310 g/mol. The molecule has 0 radical (unpaired) electrons. The van der Waals surface area contributed by atoms with Crippen LogP contribution in [-0.4, -0.2) is 70.0 Å². The van der Waals surface area contributed by atoms with Gasteiger partial charge >= 0.3 is 11.9 Å². The smallest absolute Gasteiger partial charge is 0.306 e. The van der Waals surface area contributed by atoms with Crippen molar-refractivity contribution in [2.75, 3.05) is 47.5 Å². The van der Waals surface area contributed by atoms with Crippen LogP contribution in [-0.2, 0) is 32.7 Å². The zero-order valence-electron chi connectivity index (χ0n) is 62.1. The molecule has 0 saturated heterocycles. The van der Waals surface area contributed by atoms with Crippen molar-refractivity contribution in [1.82, 2.24) is 0 Å². The second kappa shape index (κ2) is 73.0. The third-order valence-corrected chi connectivity index (χ3v) is 20.0. The zero-order chi connectivity index (χ0) is 66.2. The van der Waals surface area contributed by atoms with Gasteiger partial charge in [0.05, 0.1) is 27.7 Å². The molecule has 0 N–H and O–H groups in total. The highest BCUT2D eigenvalue weighted by molar-refractivity contribution is 7.45. The summed E-state index contributed by atoms with van der Waals surface area (Å²) in [5.74, 6) is -0.804. The number of nitrogens with zero attached hydrogens (tertiary/aromatic N) is 1. The van der Waals surface area contributed by atoms with Crippen LogP contribution in [0.3, 0.4) is 0 Å². The Morgan fingerprint density at radius 2 is 0.560 bits per heavy atom. The number of hydrogen-bond acceptors (Lipinski definition) is 8. The lowest BCUT2D eigenvalue weighted by Crippen LogP contribution is -2.37. The van der Waals surface area contributed by atoms with Crippen molar-refractivity contribution in [3.05, 3.63) is 12.2 Å². The van der Waals surface area contributed by atoms with Gasteiger partial charge < -0.3 is 27.9 Å². The molecule has 0 spiro atoms. The molecular weight excluding hydrogens is 1150 g/mol. The van der Waals surface area contributed by atoms with E-state index in [-0.39, 0.29) is 32.0 Å². The van der Waals surface area contributed by atoms with Crippen molar-refractivity contribution in [3.63, 3.8) is 0 Å². The summed E-state index contributed by atoms with van der Waals surface area (Å²) >= 11 is 0. The Morgan fingerprint density at radius 3 is 0.813 bits per heavy atom. The van der Waals surface area contributed by atoms with Gasteiger partial charge in [0.2, 0.25) is 0 Å². The van der Waals surface area contributed by atoms with Crippen molar-refractivity contribution in [3.8, 4) is 0 Å². The summed E-state index contributed by atoms with van der Waals surface area (Å²) in [4.78, 5) is 38.2. The second-order valence-corrected chi connectivity index (χ2v) is 30.9. The molecule has 2 unspecified atom stereocenters. The fourth-order valence-corrected chi connectivity index (χ4v) is 13.5. The van der Waals surface area contributed by atoms with Crippen molar-refractivity contribution in [2.24, 2.45) is 0 Å². The largest absolute Gasteiger partial charge is 0.756 e. The summed E-state index contributed by atoms with van der Waals surface area (Å²) in [6.45, 7) is 4.34. The number of likely N-dealkylation sites (N-methyl/N-ethyl adjacent to an activating group) is 1. The van der Waals surface area contributed by atoms with Crippen LogP contribution >= 0.6 is 7.82 Å². The fraction of sp³-hybridized carbons (Fsp3) is 0.951. The molecule has 2 atom stereocenters. The molecule has 0 aromatic heterocycles. The van der Waals surface area contributed by atoms with E-state index in [9.17, 15) is 19.0 Å². The minimum atomic E-state index is -4.64. The molecule has 0 aliphatic carbocycles. The number of ether oxygens (including phenoxy) is 2. The van der Waals surface area contributed by atoms with Crippen LogP contribution in [0.2, 0.25) is 0 Å². The third kappa shape index (κ3) is 77.6. The topological polar surface area (TPSA) is 111 Å². The molecule has 10 heteroatoms. The van der Waals surface area contributed by atoms with E-state index < -0.39 is 26.5 Å². The first-order valence-corrected chi connectivity index (χ1v) is 42.4. The van der Waals surface area contributed by atoms with Crippen molar-refractivity contribution in [1.29, 1.82) is 0 Å². The van der Waals surface area contributed by atoms with Gasteiger partial charge in [-0.2, -0.15) is 0 Å². The van der Waals surface area contributed by atoms with Crippen LogP contribution < -0.4 is 4.89 Å². The second-order valence-electron chi connectivity index (χ2n) is 29.5. The van der Waals surface area contributed by atoms with Crippen LogP contribution in [0, 0.1) is 0 Å². The summed E-state index contributed by atoms with van der Waals surface area (Å²) in [5, 5.41) is 0. The van der Waals surface area contributed by atoms with E-state index >= 15 is 0 Å². The van der Waals surface area contributed by atoms with Gasteiger partial charge in [-0.3, -0.25) is 14.2 Å². The fourth-order valence-electron chi connectivity index (χ4n) is 12.8. The average molecular weight is 1310 g/mol. The average Bonchev–Trinajstić information content (AvgIpc) is 3.74. The van der Waals surface area contributed by atoms with Gasteiger partial charge in [-0.1, -0.05) is 405 Å². The summed E-state index contributed by atoms with van der Waals surface area (Å²) in [6.07, 6.45) is 92.2. The molecule has 9 nitrogen and oxygen atoms in total. The minimum Gasteiger partial charge on any atom is -0.756 e. The summed E-state index contributed by atoms with van der Waals surface area (Å²) in [6, 6.07) is 0. The number of phosphoric acid groups is 1. The highest BCUT2D eigenvalue weighted by Crippen LogP contribution is 2.38. The predicted molar refractivity (Wildman–Crippen MR) is 393 cm³/mol. The number of allylic oxidation sites excluding steroid dienone is 2. The maximum atomic E-state index is 12.9. The van der Waals surface area contributed by atoms with Crippen LogP contribution in [0.25, 0.3) is 0 Å². The lowest BCUT2D eigenvalue weighted by atomic mass is 10.0. The van der Waals surface area contributed by atoms with Gasteiger partial charge in [0.1, 0.15) is 19.8 Å². The number of phosphoric ester groups is 1. The van der Waals surface area contributed by atoms with E-state index in [2.05, 4.69) is 26.0 Å². The standard InChI is InChI=1S/C81H160NO8P/c1-6-8-10-12-14-16-18-20-22-24-26-28-30-32-34-35-36-37-38-39-40-41-42-43-44-45-46-48-49-51-53-55-57-59-61-63-65-67-69-71-73-80(83)87-77-79(78-89-91(85,86)88-76-75-82(3,4)5)90-81(84)74-72-70-68-66-64-62-60-58-56-54-52-50-47-33-31-29-27-25-23-21-19-17-15-13-11-9-7-2/h25,27,79H,6-24,26,28-78H2,1-5H3. The molecular formula is C81H160NO8P. The Balaban J connectivity index is 3.85. The molecule has 0 heterocycles. The number of hydrogen-bond donors (Lipinski definition) is 0. The maximum absolute atomic E-state index is 12.9. The van der Waals surface area contributed by atoms with E-state index in [0.29, 0.717) is 17.4 Å². The molecule has 0 aliphatic rings. The molecule has 0 fully saturated rings. The SMILES string of the molecule is CCCCCCCCCCC=CCCCCCCCCCCCCCCCCCC(=O)OC(COC(=O)CCCCCCCCCCCCCCCCCCCCCCCCCCCCCCCCCCCCCCCCCC)COP(=O)([O-])OCC[N+](C)(C)C. The lowest BCUT2D eigenvalue weighted by Gasteiger charge is -2.28. The Morgan fingerprint density at radius 1 is 0.330 bits per heavy atom. The Bertz CT molecular complexity index is 1540. The maximum Gasteiger partial charge on any atom is 0.306 e. The van der Waals surface area contributed by atoms with E-state index in [0.717, 1.165) is 32.1 Å². The predicted octanol–water partition coefficient (Wildman–Crippen LogP) is 26.4. The van der Waals surface area contributed by atoms with Crippen LogP contribution in [0.4, 0.5) is 0 Å². The molecule has 0 aliphatic heterocycles. The highest BCUT2D eigenvalue weighted by Gasteiger charge is 2.22. The van der Waals surface area contributed by atoms with Crippen LogP contribution in [0.15, 0.2) is 12.2 Å². The van der Waals surface area contributed by atoms with Crippen molar-refractivity contribution < 1.29 is 42.1 Å². The number of carbonyl (C=O) groups excluding carboxylic acids is 2. The minimum absolute atomic E-state index is 0.0261. The first-order valence-electron chi connectivity index (χ1n) is 40.9. The van der Waals surface area contributed by atoms with Gasteiger partial charge in [0.15, 0.2) is 6.10 Å². The van der Waals surface area contributed by atoms with Crippen molar-refractivity contribution in [2.45, 2.75) is 450 Å². The third-order valence-electron chi connectivity index (χ3n) is 19.0.